The van der Waals surface area contributed by atoms with Crippen molar-refractivity contribution in [3.8, 4) is 5.75 Å². The summed E-state index contributed by atoms with van der Waals surface area (Å²) in [6.45, 7) is 2.45. The Kier molecular flexibility index (Phi) is 7.52. The van der Waals surface area contributed by atoms with Crippen LogP contribution in [-0.4, -0.2) is 31.6 Å². The molecule has 0 saturated carbocycles. The van der Waals surface area contributed by atoms with Gasteiger partial charge in [-0.3, -0.25) is 4.79 Å². The van der Waals surface area contributed by atoms with Crippen LogP contribution in [0.15, 0.2) is 83.3 Å². The van der Waals surface area contributed by atoms with Gasteiger partial charge >= 0.3 is 0 Å². The molecule has 1 heterocycles. The Balaban J connectivity index is 1.34. The number of nitrogens with one attached hydrogen (secondary N) is 1. The molecule has 0 aliphatic carbocycles. The SMILES string of the molecule is O=C(COc1ccc([C@H]2CCNC[C@@H]2OCc2ccc(Br)cc2)cc1)c1ccccc1. The van der Waals surface area contributed by atoms with Crippen molar-refractivity contribution in [3.63, 3.8) is 0 Å². The van der Waals surface area contributed by atoms with E-state index in [0.717, 1.165) is 24.0 Å². The zero-order valence-corrected chi connectivity index (χ0v) is 18.9. The highest BCUT2D eigenvalue weighted by molar-refractivity contribution is 9.10. The van der Waals surface area contributed by atoms with Gasteiger partial charge in [0, 0.05) is 22.5 Å². The first kappa shape index (κ1) is 21.8. The molecule has 0 bridgehead atoms. The lowest BCUT2D eigenvalue weighted by Crippen LogP contribution is -2.40. The Bertz CT molecular complexity index is 974. The van der Waals surface area contributed by atoms with E-state index < -0.39 is 0 Å². The topological polar surface area (TPSA) is 47.6 Å². The fourth-order valence-electron chi connectivity index (χ4n) is 3.84. The Hall–Kier alpha value is -2.47. The van der Waals surface area contributed by atoms with Gasteiger partial charge in [-0.1, -0.05) is 70.5 Å². The smallest absolute Gasteiger partial charge is 0.200 e. The largest absolute Gasteiger partial charge is 0.485 e. The van der Waals surface area contributed by atoms with Crippen LogP contribution >= 0.6 is 15.9 Å². The van der Waals surface area contributed by atoms with Gasteiger partial charge in [-0.2, -0.15) is 0 Å². The van der Waals surface area contributed by atoms with Gasteiger partial charge in [0.05, 0.1) is 12.7 Å². The fraction of sp³-hybridized carbons (Fsp3) is 0.269. The maximum absolute atomic E-state index is 12.2. The molecule has 1 N–H and O–H groups in total. The van der Waals surface area contributed by atoms with E-state index in [4.69, 9.17) is 9.47 Å². The number of hydrogen-bond donors (Lipinski definition) is 1. The molecular formula is C26H26BrNO3. The minimum atomic E-state index is -0.0237. The van der Waals surface area contributed by atoms with Crippen molar-refractivity contribution < 1.29 is 14.3 Å². The van der Waals surface area contributed by atoms with Crippen LogP contribution in [0.1, 0.15) is 33.8 Å². The minimum Gasteiger partial charge on any atom is -0.485 e. The monoisotopic (exact) mass is 479 g/mol. The number of Topliss-reactive ketones (excluding diaryl/α,β-unsaturated/α-hetero) is 1. The normalized spacial score (nSPS) is 18.5. The van der Waals surface area contributed by atoms with Crippen molar-refractivity contribution >= 4 is 21.7 Å². The molecule has 31 heavy (non-hydrogen) atoms. The predicted molar refractivity (Wildman–Crippen MR) is 126 cm³/mol. The fourth-order valence-corrected chi connectivity index (χ4v) is 4.10. The molecule has 1 saturated heterocycles. The third-order valence-electron chi connectivity index (χ3n) is 5.58. The lowest BCUT2D eigenvalue weighted by Gasteiger charge is -2.32. The van der Waals surface area contributed by atoms with Gasteiger partial charge in [-0.15, -0.1) is 0 Å². The second-order valence-corrected chi connectivity index (χ2v) is 8.64. The van der Waals surface area contributed by atoms with Gasteiger partial charge < -0.3 is 14.8 Å². The molecule has 0 unspecified atom stereocenters. The number of ether oxygens (including phenoxy) is 2. The van der Waals surface area contributed by atoms with Crippen molar-refractivity contribution in [1.82, 2.24) is 5.32 Å². The summed E-state index contributed by atoms with van der Waals surface area (Å²) in [6.07, 6.45) is 1.14. The van der Waals surface area contributed by atoms with Crippen molar-refractivity contribution in [2.75, 3.05) is 19.7 Å². The maximum atomic E-state index is 12.2. The van der Waals surface area contributed by atoms with Crippen LogP contribution in [0.25, 0.3) is 0 Å². The first-order chi connectivity index (χ1) is 15.2. The van der Waals surface area contributed by atoms with E-state index in [0.29, 0.717) is 23.8 Å². The average Bonchev–Trinajstić information content (AvgIpc) is 2.83. The number of rotatable bonds is 8. The minimum absolute atomic E-state index is 0.0237. The highest BCUT2D eigenvalue weighted by Crippen LogP contribution is 2.30. The van der Waals surface area contributed by atoms with Crippen LogP contribution in [0, 0.1) is 0 Å². The Morgan fingerprint density at radius 3 is 2.45 bits per heavy atom. The number of ketones is 1. The molecule has 160 valence electrons. The van der Waals surface area contributed by atoms with Crippen LogP contribution in [-0.2, 0) is 11.3 Å². The molecule has 3 aromatic rings. The molecule has 1 aliphatic rings. The molecule has 3 aromatic carbocycles. The second kappa shape index (κ2) is 10.7. The average molecular weight is 480 g/mol. The lowest BCUT2D eigenvalue weighted by atomic mass is 9.87. The number of benzene rings is 3. The highest BCUT2D eigenvalue weighted by Gasteiger charge is 2.27. The quantitative estimate of drug-likeness (QED) is 0.441. The van der Waals surface area contributed by atoms with Gasteiger partial charge in [-0.25, -0.2) is 0 Å². The molecule has 0 spiro atoms. The van der Waals surface area contributed by atoms with Crippen LogP contribution in [0.4, 0.5) is 0 Å². The lowest BCUT2D eigenvalue weighted by molar-refractivity contribution is 0.0106. The predicted octanol–water partition coefficient (Wildman–Crippen LogP) is 5.37. The molecule has 0 radical (unpaired) electrons. The first-order valence-corrected chi connectivity index (χ1v) is 11.4. The van der Waals surface area contributed by atoms with Gasteiger partial charge in [0.1, 0.15) is 5.75 Å². The number of halogens is 1. The van der Waals surface area contributed by atoms with Crippen LogP contribution in [0.3, 0.4) is 0 Å². The number of carbonyl (C=O) groups excluding carboxylic acids is 1. The summed E-state index contributed by atoms with van der Waals surface area (Å²) in [5.74, 6) is 1.01. The van der Waals surface area contributed by atoms with Crippen molar-refractivity contribution in [2.24, 2.45) is 0 Å². The van der Waals surface area contributed by atoms with E-state index >= 15 is 0 Å². The number of hydrogen-bond acceptors (Lipinski definition) is 4. The Morgan fingerprint density at radius 1 is 0.968 bits per heavy atom. The zero-order chi connectivity index (χ0) is 21.5. The van der Waals surface area contributed by atoms with Gasteiger partial charge in [0.25, 0.3) is 0 Å². The molecule has 1 aliphatic heterocycles. The maximum Gasteiger partial charge on any atom is 0.200 e. The summed E-state index contributed by atoms with van der Waals surface area (Å²) < 4.78 is 13.1. The van der Waals surface area contributed by atoms with Crippen molar-refractivity contribution in [3.05, 3.63) is 100 Å². The third-order valence-corrected chi connectivity index (χ3v) is 6.11. The van der Waals surface area contributed by atoms with Crippen molar-refractivity contribution in [2.45, 2.75) is 25.0 Å². The third kappa shape index (κ3) is 6.03. The van der Waals surface area contributed by atoms with E-state index in [2.05, 4.69) is 45.5 Å². The zero-order valence-electron chi connectivity index (χ0n) is 17.3. The molecule has 4 nitrogen and oxygen atoms in total. The van der Waals surface area contributed by atoms with Crippen LogP contribution in [0.2, 0.25) is 0 Å². The van der Waals surface area contributed by atoms with Crippen LogP contribution in [0.5, 0.6) is 5.75 Å². The summed E-state index contributed by atoms with van der Waals surface area (Å²) >= 11 is 3.47. The van der Waals surface area contributed by atoms with Gasteiger partial charge in [0.2, 0.25) is 0 Å². The second-order valence-electron chi connectivity index (χ2n) is 7.72. The molecule has 1 fully saturated rings. The number of piperidine rings is 1. The Labute approximate surface area is 191 Å². The summed E-state index contributed by atoms with van der Waals surface area (Å²) in [7, 11) is 0. The summed E-state index contributed by atoms with van der Waals surface area (Å²) in [5.41, 5.74) is 3.07. The van der Waals surface area contributed by atoms with Crippen LogP contribution < -0.4 is 10.1 Å². The Morgan fingerprint density at radius 2 is 1.71 bits per heavy atom. The first-order valence-electron chi connectivity index (χ1n) is 10.6. The molecule has 4 rings (SSSR count). The highest BCUT2D eigenvalue weighted by atomic mass is 79.9. The van der Waals surface area contributed by atoms with Gasteiger partial charge in [-0.05, 0) is 48.4 Å². The molecule has 2 atom stereocenters. The number of carbonyl (C=O) groups is 1. The molecule has 0 amide bonds. The molecular weight excluding hydrogens is 454 g/mol. The molecule has 0 aromatic heterocycles. The van der Waals surface area contributed by atoms with E-state index in [1.165, 1.54) is 11.1 Å². The van der Waals surface area contributed by atoms with Crippen molar-refractivity contribution in [1.29, 1.82) is 0 Å². The summed E-state index contributed by atoms with van der Waals surface area (Å²) in [6, 6.07) is 25.5. The van der Waals surface area contributed by atoms with E-state index in [1.54, 1.807) is 12.1 Å². The van der Waals surface area contributed by atoms with E-state index in [9.17, 15) is 4.79 Å². The summed E-state index contributed by atoms with van der Waals surface area (Å²) in [5, 5.41) is 3.44. The van der Waals surface area contributed by atoms with E-state index in [-0.39, 0.29) is 18.5 Å². The van der Waals surface area contributed by atoms with E-state index in [1.807, 2.05) is 42.5 Å². The standard InChI is InChI=1S/C26H26BrNO3/c27-22-10-6-19(7-11-22)17-31-26-16-28-15-14-24(26)20-8-12-23(13-9-20)30-18-25(29)21-4-2-1-3-5-21/h1-13,24,26,28H,14-18H2/t24-,26+/m1/s1. The molecule has 5 heteroatoms. The van der Waals surface area contributed by atoms with Gasteiger partial charge in [0.15, 0.2) is 12.4 Å². The summed E-state index contributed by atoms with van der Waals surface area (Å²) in [4.78, 5) is 12.2.